The molecule has 2 aliphatic heterocycles. The number of fused-ring (bicyclic) bond motifs is 2. The average Bonchev–Trinajstić information content (AvgIpc) is 3.30. The minimum atomic E-state index is -0.723. The zero-order chi connectivity index (χ0) is 26.0. The summed E-state index contributed by atoms with van der Waals surface area (Å²) in [4.78, 5) is 23.4. The predicted molar refractivity (Wildman–Crippen MR) is 138 cm³/mol. The molecule has 7 rings (SSSR count). The summed E-state index contributed by atoms with van der Waals surface area (Å²) in [5, 5.41) is 19.6. The molecule has 3 N–H and O–H groups in total. The van der Waals surface area contributed by atoms with Crippen LogP contribution in [0.5, 0.6) is 6.01 Å². The number of carboxylic acid groups (broad SMARTS) is 1. The van der Waals surface area contributed by atoms with Crippen LogP contribution in [0.25, 0.3) is 33.5 Å². The number of aliphatic carboxylic acids is 1. The molecule has 2 aromatic carbocycles. The molecule has 194 valence electrons. The summed E-state index contributed by atoms with van der Waals surface area (Å²) in [6, 6.07) is 18.1. The number of rotatable bonds is 6. The number of ether oxygens (including phenoxy) is 3. The summed E-state index contributed by atoms with van der Waals surface area (Å²) in [6.45, 7) is 0.537. The van der Waals surface area contributed by atoms with Gasteiger partial charge >= 0.3 is 5.97 Å². The number of nitrogens with zero attached hydrogens (tertiary/aromatic N) is 2. The number of hydrogen-bond acceptors (Lipinski definition) is 7. The lowest BCUT2D eigenvalue weighted by Gasteiger charge is -2.15. The van der Waals surface area contributed by atoms with Gasteiger partial charge < -0.3 is 29.4 Å². The maximum Gasteiger partial charge on any atom is 0.307 e. The van der Waals surface area contributed by atoms with Crippen molar-refractivity contribution in [2.24, 2.45) is 5.92 Å². The highest BCUT2D eigenvalue weighted by molar-refractivity contribution is 6.33. The number of aromatic nitrogens is 3. The van der Waals surface area contributed by atoms with Crippen LogP contribution in [0.1, 0.15) is 17.9 Å². The summed E-state index contributed by atoms with van der Waals surface area (Å²) in [6.07, 6.45) is -1.04. The summed E-state index contributed by atoms with van der Waals surface area (Å²) in [5.74, 6) is -0.863. The van der Waals surface area contributed by atoms with Gasteiger partial charge in [-0.25, -0.2) is 4.98 Å². The van der Waals surface area contributed by atoms with Crippen molar-refractivity contribution >= 4 is 28.7 Å². The van der Waals surface area contributed by atoms with Crippen LogP contribution in [0.3, 0.4) is 0 Å². The Hall–Kier alpha value is -3.50. The quantitative estimate of drug-likeness (QED) is 0.339. The number of aromatic amines is 1. The van der Waals surface area contributed by atoms with E-state index in [9.17, 15) is 9.90 Å². The highest BCUT2D eigenvalue weighted by Gasteiger charge is 2.48. The van der Waals surface area contributed by atoms with Gasteiger partial charge in [0.25, 0.3) is 6.01 Å². The fraction of sp³-hybridized carbons (Fsp3) is 0.321. The minimum absolute atomic E-state index is 0.118. The van der Waals surface area contributed by atoms with Gasteiger partial charge in [0.1, 0.15) is 18.3 Å². The monoisotopic (exact) mass is 533 g/mol. The number of pyridine rings is 1. The maximum atomic E-state index is 11.2. The number of H-pyrrole nitrogens is 1. The van der Waals surface area contributed by atoms with Crippen LogP contribution in [0.4, 0.5) is 0 Å². The first-order valence-electron chi connectivity index (χ1n) is 12.5. The van der Waals surface area contributed by atoms with E-state index in [0.717, 1.165) is 22.3 Å². The molecule has 0 bridgehead atoms. The van der Waals surface area contributed by atoms with Gasteiger partial charge in [-0.2, -0.15) is 4.98 Å². The molecule has 4 heterocycles. The molecule has 0 amide bonds. The number of aliphatic hydroxyl groups excluding tert-OH is 1. The van der Waals surface area contributed by atoms with Crippen molar-refractivity contribution in [2.45, 2.75) is 36.8 Å². The molecule has 10 heteroatoms. The normalized spacial score (nSPS) is 27.9. The number of aliphatic hydroxyl groups is 1. The molecular weight excluding hydrogens is 510 g/mol. The van der Waals surface area contributed by atoms with Gasteiger partial charge in [0, 0.05) is 5.56 Å². The fourth-order valence-corrected chi connectivity index (χ4v) is 5.68. The Morgan fingerprint density at radius 1 is 0.974 bits per heavy atom. The van der Waals surface area contributed by atoms with Crippen LogP contribution in [0.15, 0.2) is 54.6 Å². The molecule has 6 atom stereocenters. The molecular formula is C28H24ClN3O6. The standard InChI is InChI=1S/C28H24ClN3O6/c29-19-10-20-26(32-28(30-20)38-22-12-37-24-21(33)11-36-25(22)24)31-23(19)16-7-3-14(4-8-16)13-1-5-15(6-2-13)17-9-18(17)27(34)35/h1-8,10,17-18,21-22,24-25,33H,9,11-12H2,(H,34,35)(H,30,31,32)/t17?,18?,21-,22-,24-,25-/m1/s1. The van der Waals surface area contributed by atoms with E-state index < -0.39 is 12.1 Å². The van der Waals surface area contributed by atoms with E-state index in [1.165, 1.54) is 0 Å². The Labute approximate surface area is 222 Å². The van der Waals surface area contributed by atoms with Gasteiger partial charge in [-0.15, -0.1) is 0 Å². The highest BCUT2D eigenvalue weighted by atomic mass is 35.5. The molecule has 0 radical (unpaired) electrons. The molecule has 2 saturated heterocycles. The first-order valence-corrected chi connectivity index (χ1v) is 12.9. The van der Waals surface area contributed by atoms with Crippen molar-refractivity contribution < 1.29 is 29.2 Å². The van der Waals surface area contributed by atoms with Crippen LogP contribution in [-0.4, -0.2) is 68.8 Å². The summed E-state index contributed by atoms with van der Waals surface area (Å²) >= 11 is 6.59. The second-order valence-corrected chi connectivity index (χ2v) is 10.4. The van der Waals surface area contributed by atoms with Gasteiger partial charge in [-0.1, -0.05) is 60.1 Å². The van der Waals surface area contributed by atoms with E-state index in [4.69, 9.17) is 30.9 Å². The van der Waals surface area contributed by atoms with E-state index in [-0.39, 0.29) is 36.8 Å². The molecule has 1 aliphatic carbocycles. The largest absolute Gasteiger partial charge is 0.481 e. The van der Waals surface area contributed by atoms with Gasteiger partial charge in [0.05, 0.1) is 35.4 Å². The number of nitrogens with one attached hydrogen (secondary N) is 1. The lowest BCUT2D eigenvalue weighted by Crippen LogP contribution is -2.34. The number of carbonyl (C=O) groups is 1. The number of hydrogen-bond donors (Lipinski definition) is 3. The maximum absolute atomic E-state index is 11.2. The van der Waals surface area contributed by atoms with Crippen molar-refractivity contribution in [1.29, 1.82) is 0 Å². The first kappa shape index (κ1) is 23.6. The third-order valence-corrected chi connectivity index (χ3v) is 7.88. The molecule has 9 nitrogen and oxygen atoms in total. The van der Waals surface area contributed by atoms with Crippen molar-refractivity contribution in [3.05, 3.63) is 65.2 Å². The molecule has 1 saturated carbocycles. The second kappa shape index (κ2) is 9.06. The van der Waals surface area contributed by atoms with E-state index in [2.05, 4.69) is 15.0 Å². The van der Waals surface area contributed by atoms with Crippen LogP contribution < -0.4 is 4.74 Å². The Morgan fingerprint density at radius 2 is 1.66 bits per heavy atom. The van der Waals surface area contributed by atoms with E-state index in [1.54, 1.807) is 6.07 Å². The molecule has 2 unspecified atom stereocenters. The number of halogens is 1. The molecule has 3 aliphatic rings. The van der Waals surface area contributed by atoms with E-state index in [1.807, 2.05) is 48.5 Å². The van der Waals surface area contributed by atoms with E-state index >= 15 is 0 Å². The topological polar surface area (TPSA) is 127 Å². The van der Waals surface area contributed by atoms with Crippen molar-refractivity contribution in [2.75, 3.05) is 13.2 Å². The van der Waals surface area contributed by atoms with E-state index in [0.29, 0.717) is 40.9 Å². The zero-order valence-electron chi connectivity index (χ0n) is 20.1. The second-order valence-electron chi connectivity index (χ2n) is 10.0. The summed E-state index contributed by atoms with van der Waals surface area (Å²) < 4.78 is 17.2. The number of carboxylic acids is 1. The van der Waals surface area contributed by atoms with Crippen molar-refractivity contribution in [3.8, 4) is 28.4 Å². The molecule has 2 aromatic heterocycles. The Morgan fingerprint density at radius 3 is 2.37 bits per heavy atom. The lowest BCUT2D eigenvalue weighted by atomic mass is 10.00. The molecule has 0 spiro atoms. The minimum Gasteiger partial charge on any atom is -0.481 e. The highest BCUT2D eigenvalue weighted by Crippen LogP contribution is 2.47. The zero-order valence-corrected chi connectivity index (χ0v) is 20.8. The van der Waals surface area contributed by atoms with Gasteiger partial charge in [-0.05, 0) is 35.1 Å². The van der Waals surface area contributed by atoms with Crippen LogP contribution >= 0.6 is 11.6 Å². The molecule has 38 heavy (non-hydrogen) atoms. The third kappa shape index (κ3) is 4.12. The first-order chi connectivity index (χ1) is 18.4. The van der Waals surface area contributed by atoms with Gasteiger partial charge in [0.15, 0.2) is 11.8 Å². The smallest absolute Gasteiger partial charge is 0.307 e. The lowest BCUT2D eigenvalue weighted by molar-refractivity contribution is -0.138. The van der Waals surface area contributed by atoms with Crippen LogP contribution in [0.2, 0.25) is 5.02 Å². The van der Waals surface area contributed by atoms with Gasteiger partial charge in [0.2, 0.25) is 0 Å². The van der Waals surface area contributed by atoms with Crippen LogP contribution in [-0.2, 0) is 14.3 Å². The van der Waals surface area contributed by atoms with Crippen LogP contribution in [0, 0.1) is 5.92 Å². The predicted octanol–water partition coefficient (Wildman–Crippen LogP) is 4.04. The number of imidazole rings is 1. The molecule has 4 aromatic rings. The van der Waals surface area contributed by atoms with Crippen molar-refractivity contribution in [1.82, 2.24) is 15.0 Å². The average molecular weight is 534 g/mol. The van der Waals surface area contributed by atoms with Gasteiger partial charge in [-0.3, -0.25) is 4.79 Å². The Balaban J connectivity index is 1.08. The SMILES string of the molecule is O=C(O)C1CC1c1ccc(-c2ccc(-c3nc4nc(O[C@@H]5CO[C@H]6[C@@H]5OC[C@H]6O)[nH]c4cc3Cl)cc2)cc1. The fourth-order valence-electron chi connectivity index (χ4n) is 5.42. The summed E-state index contributed by atoms with van der Waals surface area (Å²) in [7, 11) is 0. The third-order valence-electron chi connectivity index (χ3n) is 7.59. The summed E-state index contributed by atoms with van der Waals surface area (Å²) in [5.41, 5.74) is 5.74. The Bertz CT molecular complexity index is 1520. The molecule has 3 fully saturated rings. The number of benzene rings is 2. The van der Waals surface area contributed by atoms with Crippen molar-refractivity contribution in [3.63, 3.8) is 0 Å². The Kier molecular flexibility index (Phi) is 5.63.